The Labute approximate surface area is 141 Å². The molecule has 2 heterocycles. The first-order valence-corrected chi connectivity index (χ1v) is 8.88. The van der Waals surface area contributed by atoms with Crippen LogP contribution in [0.4, 0.5) is 0 Å². The van der Waals surface area contributed by atoms with Crippen LogP contribution in [0.25, 0.3) is 10.9 Å². The quantitative estimate of drug-likeness (QED) is 0.803. The van der Waals surface area contributed by atoms with Crippen LogP contribution in [-0.4, -0.2) is 41.2 Å². The van der Waals surface area contributed by atoms with Crippen LogP contribution >= 0.6 is 11.8 Å². The van der Waals surface area contributed by atoms with Crippen LogP contribution in [0, 0.1) is 6.92 Å². The van der Waals surface area contributed by atoms with Crippen LogP contribution in [0.5, 0.6) is 5.75 Å². The Morgan fingerprint density at radius 2 is 2.09 bits per heavy atom. The first-order chi connectivity index (χ1) is 11.1. The van der Waals surface area contributed by atoms with E-state index >= 15 is 0 Å². The van der Waals surface area contributed by atoms with Crippen molar-refractivity contribution < 1.29 is 9.53 Å². The van der Waals surface area contributed by atoms with Crippen molar-refractivity contribution in [1.82, 2.24) is 9.88 Å². The number of rotatable bonds is 4. The zero-order chi connectivity index (χ0) is 16.4. The molecule has 2 aromatic rings. The molecule has 1 amide bonds. The van der Waals surface area contributed by atoms with E-state index in [9.17, 15) is 4.79 Å². The third kappa shape index (κ3) is 3.29. The number of likely N-dealkylation sites (tertiary alicyclic amines) is 1. The van der Waals surface area contributed by atoms with Crippen LogP contribution in [0.2, 0.25) is 0 Å². The molecule has 0 aliphatic carbocycles. The minimum Gasteiger partial charge on any atom is -0.494 e. The highest BCUT2D eigenvalue weighted by Crippen LogP contribution is 2.31. The SMILES string of the molecule is COc1cccc2c(C)cc(S[C@@H](C)C(=O)N3CCCC3)nc12. The number of thioether (sulfide) groups is 1. The highest BCUT2D eigenvalue weighted by Gasteiger charge is 2.24. The second kappa shape index (κ2) is 6.79. The number of fused-ring (bicyclic) bond motifs is 1. The molecular formula is C18H22N2O2S. The van der Waals surface area contributed by atoms with Crippen molar-refractivity contribution in [3.8, 4) is 5.75 Å². The molecule has 3 rings (SSSR count). The Balaban J connectivity index is 1.86. The zero-order valence-electron chi connectivity index (χ0n) is 13.8. The predicted molar refractivity (Wildman–Crippen MR) is 94.2 cm³/mol. The average Bonchev–Trinajstić information content (AvgIpc) is 3.08. The average molecular weight is 330 g/mol. The number of aromatic nitrogens is 1. The second-order valence-electron chi connectivity index (χ2n) is 5.93. The number of hydrogen-bond acceptors (Lipinski definition) is 4. The molecule has 1 atom stereocenters. The summed E-state index contributed by atoms with van der Waals surface area (Å²) in [6.45, 7) is 5.82. The molecule has 4 nitrogen and oxygen atoms in total. The summed E-state index contributed by atoms with van der Waals surface area (Å²) >= 11 is 1.53. The first kappa shape index (κ1) is 16.1. The molecule has 1 aliphatic heterocycles. The van der Waals surface area contributed by atoms with Gasteiger partial charge in [0.2, 0.25) is 5.91 Å². The van der Waals surface area contributed by atoms with Gasteiger partial charge in [-0.2, -0.15) is 0 Å². The fourth-order valence-electron chi connectivity index (χ4n) is 3.01. The summed E-state index contributed by atoms with van der Waals surface area (Å²) in [5.41, 5.74) is 2.01. The third-order valence-electron chi connectivity index (χ3n) is 4.27. The number of carbonyl (C=O) groups is 1. The molecule has 0 radical (unpaired) electrons. The monoisotopic (exact) mass is 330 g/mol. The van der Waals surface area contributed by atoms with Crippen molar-refractivity contribution in [2.75, 3.05) is 20.2 Å². The molecule has 23 heavy (non-hydrogen) atoms. The molecular weight excluding hydrogens is 308 g/mol. The minimum absolute atomic E-state index is 0.118. The van der Waals surface area contributed by atoms with Gasteiger partial charge in [-0.3, -0.25) is 4.79 Å². The maximum atomic E-state index is 12.5. The number of nitrogens with zero attached hydrogens (tertiary/aromatic N) is 2. The molecule has 5 heteroatoms. The van der Waals surface area contributed by atoms with Crippen molar-refractivity contribution >= 4 is 28.6 Å². The topological polar surface area (TPSA) is 42.4 Å². The van der Waals surface area contributed by atoms with Gasteiger partial charge in [0.15, 0.2) is 0 Å². The van der Waals surface area contributed by atoms with E-state index in [1.165, 1.54) is 11.8 Å². The summed E-state index contributed by atoms with van der Waals surface area (Å²) < 4.78 is 5.42. The van der Waals surface area contributed by atoms with E-state index in [2.05, 4.69) is 13.0 Å². The first-order valence-electron chi connectivity index (χ1n) is 8.00. The van der Waals surface area contributed by atoms with E-state index in [0.717, 1.165) is 53.2 Å². The lowest BCUT2D eigenvalue weighted by Gasteiger charge is -2.20. The fourth-order valence-corrected chi connectivity index (χ4v) is 4.01. The number of hydrogen-bond donors (Lipinski definition) is 0. The highest BCUT2D eigenvalue weighted by atomic mass is 32.2. The molecule has 1 aromatic heterocycles. The Hall–Kier alpha value is -1.75. The number of benzene rings is 1. The number of aryl methyl sites for hydroxylation is 1. The molecule has 0 N–H and O–H groups in total. The van der Waals surface area contributed by atoms with E-state index in [4.69, 9.17) is 9.72 Å². The number of pyridine rings is 1. The van der Waals surface area contributed by atoms with Gasteiger partial charge in [0.1, 0.15) is 11.3 Å². The van der Waals surface area contributed by atoms with Gasteiger partial charge in [0, 0.05) is 18.5 Å². The predicted octanol–water partition coefficient (Wildman–Crippen LogP) is 3.65. The summed E-state index contributed by atoms with van der Waals surface area (Å²) in [5.74, 6) is 0.985. The van der Waals surface area contributed by atoms with Crippen LogP contribution in [0.15, 0.2) is 29.3 Å². The molecule has 0 bridgehead atoms. The number of carbonyl (C=O) groups excluding carboxylic acids is 1. The van der Waals surface area contributed by atoms with Gasteiger partial charge in [0.25, 0.3) is 0 Å². The second-order valence-corrected chi connectivity index (χ2v) is 7.29. The maximum Gasteiger partial charge on any atom is 0.235 e. The van der Waals surface area contributed by atoms with Crippen LogP contribution < -0.4 is 4.74 Å². The lowest BCUT2D eigenvalue weighted by atomic mass is 10.1. The molecule has 1 aromatic carbocycles. The Morgan fingerprint density at radius 3 is 2.78 bits per heavy atom. The van der Waals surface area contributed by atoms with Gasteiger partial charge in [0.05, 0.1) is 17.4 Å². The van der Waals surface area contributed by atoms with Gasteiger partial charge in [-0.25, -0.2) is 4.98 Å². The van der Waals surface area contributed by atoms with Crippen LogP contribution in [0.1, 0.15) is 25.3 Å². The number of methoxy groups -OCH3 is 1. The van der Waals surface area contributed by atoms with Gasteiger partial charge >= 0.3 is 0 Å². The molecule has 0 spiro atoms. The van der Waals surface area contributed by atoms with Crippen LogP contribution in [-0.2, 0) is 4.79 Å². The minimum atomic E-state index is -0.118. The molecule has 1 fully saturated rings. The normalized spacial score (nSPS) is 15.9. The fraction of sp³-hybridized carbons (Fsp3) is 0.444. The van der Waals surface area contributed by atoms with Gasteiger partial charge in [-0.1, -0.05) is 23.9 Å². The maximum absolute atomic E-state index is 12.5. The highest BCUT2D eigenvalue weighted by molar-refractivity contribution is 8.00. The third-order valence-corrected chi connectivity index (χ3v) is 5.27. The smallest absolute Gasteiger partial charge is 0.235 e. The molecule has 0 unspecified atom stereocenters. The standard InChI is InChI=1S/C18H22N2O2S/c1-12-11-16(19-17-14(12)7-6-8-15(17)22-3)23-13(2)18(21)20-9-4-5-10-20/h6-8,11,13H,4-5,9-10H2,1-3H3/t13-/m0/s1. The van der Waals surface area contributed by atoms with Crippen molar-refractivity contribution in [3.05, 3.63) is 29.8 Å². The largest absolute Gasteiger partial charge is 0.494 e. The summed E-state index contributed by atoms with van der Waals surface area (Å²) in [6, 6.07) is 8.00. The van der Waals surface area contributed by atoms with E-state index in [1.807, 2.05) is 30.0 Å². The lowest BCUT2D eigenvalue weighted by Crippen LogP contribution is -2.34. The van der Waals surface area contributed by atoms with Crippen molar-refractivity contribution in [3.63, 3.8) is 0 Å². The molecule has 1 aliphatic rings. The summed E-state index contributed by atoms with van der Waals surface area (Å²) in [6.07, 6.45) is 2.24. The van der Waals surface area contributed by atoms with Gasteiger partial charge < -0.3 is 9.64 Å². The van der Waals surface area contributed by atoms with Crippen molar-refractivity contribution in [2.45, 2.75) is 37.0 Å². The van der Waals surface area contributed by atoms with E-state index < -0.39 is 0 Å². The van der Waals surface area contributed by atoms with E-state index in [0.29, 0.717) is 0 Å². The van der Waals surface area contributed by atoms with Gasteiger partial charge in [-0.15, -0.1) is 0 Å². The Bertz CT molecular complexity index is 726. The van der Waals surface area contributed by atoms with E-state index in [1.54, 1.807) is 7.11 Å². The lowest BCUT2D eigenvalue weighted by molar-refractivity contribution is -0.129. The molecule has 1 saturated heterocycles. The van der Waals surface area contributed by atoms with Crippen LogP contribution in [0.3, 0.4) is 0 Å². The Morgan fingerprint density at radius 1 is 1.35 bits per heavy atom. The number of amides is 1. The Kier molecular flexibility index (Phi) is 4.76. The van der Waals surface area contributed by atoms with Crippen molar-refractivity contribution in [1.29, 1.82) is 0 Å². The van der Waals surface area contributed by atoms with Crippen molar-refractivity contribution in [2.24, 2.45) is 0 Å². The summed E-state index contributed by atoms with van der Waals surface area (Å²) in [4.78, 5) is 19.2. The number of ether oxygens (including phenoxy) is 1. The summed E-state index contributed by atoms with van der Waals surface area (Å²) in [5, 5.41) is 1.85. The van der Waals surface area contributed by atoms with E-state index in [-0.39, 0.29) is 11.2 Å². The van der Waals surface area contributed by atoms with Gasteiger partial charge in [-0.05, 0) is 44.4 Å². The number of para-hydroxylation sites is 1. The molecule has 122 valence electrons. The molecule has 0 saturated carbocycles. The summed E-state index contributed by atoms with van der Waals surface area (Å²) in [7, 11) is 1.66. The zero-order valence-corrected chi connectivity index (χ0v) is 14.7.